The number of benzene rings is 1. The molecule has 1 aliphatic heterocycles. The van der Waals surface area contributed by atoms with Crippen LogP contribution in [-0.2, 0) is 6.42 Å². The fourth-order valence-corrected chi connectivity index (χ4v) is 3.48. The lowest BCUT2D eigenvalue weighted by Gasteiger charge is -2.22. The minimum Gasteiger partial charge on any atom is -0.352 e. The summed E-state index contributed by atoms with van der Waals surface area (Å²) in [5.41, 5.74) is 3.29. The van der Waals surface area contributed by atoms with Gasteiger partial charge in [-0.25, -0.2) is 0 Å². The normalized spacial score (nSPS) is 22.0. The third kappa shape index (κ3) is 2.20. The maximum absolute atomic E-state index is 11.8. The van der Waals surface area contributed by atoms with E-state index in [1.807, 2.05) is 0 Å². The van der Waals surface area contributed by atoms with Gasteiger partial charge in [-0.3, -0.25) is 4.79 Å². The number of carbonyl (C=O) groups excluding carboxylic acids is 1. The van der Waals surface area contributed by atoms with E-state index in [4.69, 9.17) is 0 Å². The van der Waals surface area contributed by atoms with Crippen molar-refractivity contribution in [3.63, 3.8) is 0 Å². The van der Waals surface area contributed by atoms with Crippen molar-refractivity contribution in [2.75, 3.05) is 6.54 Å². The van der Waals surface area contributed by atoms with Gasteiger partial charge in [0.15, 0.2) is 0 Å². The highest BCUT2D eigenvalue weighted by Gasteiger charge is 2.33. The summed E-state index contributed by atoms with van der Waals surface area (Å²) >= 11 is 3.81. The molecule has 1 saturated carbocycles. The number of hydrogen-bond acceptors (Lipinski definition) is 1. The number of hydrogen-bond donors (Lipinski definition) is 1. The maximum atomic E-state index is 11.8. The number of carbonyl (C=O) groups is 1. The SMILES string of the molecule is CC(C1CC1)C(Br)c1ccc2c(c1)C(=O)NCC2. The van der Waals surface area contributed by atoms with Gasteiger partial charge in [0, 0.05) is 16.9 Å². The van der Waals surface area contributed by atoms with Crippen molar-refractivity contribution >= 4 is 21.8 Å². The zero-order chi connectivity index (χ0) is 12.7. The third-order valence-corrected chi connectivity index (χ3v) is 5.57. The highest BCUT2D eigenvalue weighted by Crippen LogP contribution is 2.46. The lowest BCUT2D eigenvalue weighted by molar-refractivity contribution is 0.0946. The van der Waals surface area contributed by atoms with Crippen LogP contribution >= 0.6 is 15.9 Å². The van der Waals surface area contributed by atoms with E-state index in [0.29, 0.717) is 10.7 Å². The average Bonchev–Trinajstić information content (AvgIpc) is 3.21. The average molecular weight is 308 g/mol. The van der Waals surface area contributed by atoms with Crippen LogP contribution in [0, 0.1) is 11.8 Å². The highest BCUT2D eigenvalue weighted by molar-refractivity contribution is 9.09. The maximum Gasteiger partial charge on any atom is 0.251 e. The molecule has 2 atom stereocenters. The molecule has 3 rings (SSSR count). The number of alkyl halides is 1. The molecule has 1 aromatic rings. The largest absolute Gasteiger partial charge is 0.352 e. The smallest absolute Gasteiger partial charge is 0.251 e. The Labute approximate surface area is 116 Å². The summed E-state index contributed by atoms with van der Waals surface area (Å²) in [6.45, 7) is 3.07. The summed E-state index contributed by atoms with van der Waals surface area (Å²) in [4.78, 5) is 12.2. The van der Waals surface area contributed by atoms with E-state index >= 15 is 0 Å². The molecule has 0 bridgehead atoms. The Balaban J connectivity index is 1.88. The summed E-state index contributed by atoms with van der Waals surface area (Å²) in [7, 11) is 0. The van der Waals surface area contributed by atoms with Crippen molar-refractivity contribution in [2.24, 2.45) is 11.8 Å². The van der Waals surface area contributed by atoms with Gasteiger partial charge in [0.1, 0.15) is 0 Å². The molecule has 96 valence electrons. The Morgan fingerprint density at radius 2 is 2.17 bits per heavy atom. The predicted octanol–water partition coefficient (Wildman–Crippen LogP) is 3.45. The second-order valence-corrected chi connectivity index (χ2v) is 6.51. The fourth-order valence-electron chi connectivity index (χ4n) is 2.77. The highest BCUT2D eigenvalue weighted by atomic mass is 79.9. The molecule has 2 aliphatic rings. The molecule has 18 heavy (non-hydrogen) atoms. The first-order valence-electron chi connectivity index (χ1n) is 6.72. The van der Waals surface area contributed by atoms with Crippen LogP contribution in [0.25, 0.3) is 0 Å². The van der Waals surface area contributed by atoms with Crippen molar-refractivity contribution in [1.82, 2.24) is 5.32 Å². The van der Waals surface area contributed by atoms with Gasteiger partial charge in [0.25, 0.3) is 5.91 Å². The number of amides is 1. The van der Waals surface area contributed by atoms with E-state index in [1.54, 1.807) is 0 Å². The van der Waals surface area contributed by atoms with Crippen molar-refractivity contribution in [3.05, 3.63) is 34.9 Å². The number of rotatable bonds is 3. The zero-order valence-corrected chi connectivity index (χ0v) is 12.2. The topological polar surface area (TPSA) is 29.1 Å². The third-order valence-electron chi connectivity index (χ3n) is 4.20. The quantitative estimate of drug-likeness (QED) is 0.851. The molecule has 1 heterocycles. The molecule has 3 heteroatoms. The molecule has 0 aromatic heterocycles. The summed E-state index contributed by atoms with van der Waals surface area (Å²) in [5.74, 6) is 1.59. The first-order valence-corrected chi connectivity index (χ1v) is 7.63. The Hall–Kier alpha value is -0.830. The van der Waals surface area contributed by atoms with Gasteiger partial charge in [0.2, 0.25) is 0 Å². The second-order valence-electron chi connectivity index (χ2n) is 5.52. The van der Waals surface area contributed by atoms with E-state index < -0.39 is 0 Å². The Kier molecular flexibility index (Phi) is 3.18. The predicted molar refractivity (Wildman–Crippen MR) is 76.0 cm³/mol. The molecule has 1 fully saturated rings. The van der Waals surface area contributed by atoms with Crippen LogP contribution in [0.1, 0.15) is 46.1 Å². The summed E-state index contributed by atoms with van der Waals surface area (Å²) < 4.78 is 0. The molecule has 1 aliphatic carbocycles. The van der Waals surface area contributed by atoms with E-state index in [2.05, 4.69) is 46.4 Å². The van der Waals surface area contributed by atoms with Crippen LogP contribution in [0.4, 0.5) is 0 Å². The van der Waals surface area contributed by atoms with Gasteiger partial charge in [-0.1, -0.05) is 35.0 Å². The Morgan fingerprint density at radius 3 is 2.89 bits per heavy atom. The van der Waals surface area contributed by atoms with Gasteiger partial charge in [-0.05, 0) is 48.3 Å². The molecular weight excluding hydrogens is 290 g/mol. The van der Waals surface area contributed by atoms with E-state index in [0.717, 1.165) is 24.4 Å². The minimum atomic E-state index is 0.0804. The van der Waals surface area contributed by atoms with Crippen LogP contribution in [-0.4, -0.2) is 12.5 Å². The molecule has 0 saturated heterocycles. The van der Waals surface area contributed by atoms with Crippen LogP contribution in [0.2, 0.25) is 0 Å². The molecule has 2 unspecified atom stereocenters. The van der Waals surface area contributed by atoms with Gasteiger partial charge >= 0.3 is 0 Å². The Morgan fingerprint density at radius 1 is 1.39 bits per heavy atom. The second kappa shape index (κ2) is 4.69. The van der Waals surface area contributed by atoms with Crippen molar-refractivity contribution in [1.29, 1.82) is 0 Å². The van der Waals surface area contributed by atoms with Gasteiger partial charge in [-0.15, -0.1) is 0 Å². The standard InChI is InChI=1S/C15H18BrNO/c1-9(10-2-3-10)14(16)12-5-4-11-6-7-17-15(18)13(11)8-12/h4-5,8-10,14H,2-3,6-7H2,1H3,(H,17,18). The van der Waals surface area contributed by atoms with Crippen molar-refractivity contribution < 1.29 is 4.79 Å². The van der Waals surface area contributed by atoms with Gasteiger partial charge in [-0.2, -0.15) is 0 Å². The molecular formula is C15H18BrNO. The molecule has 2 nitrogen and oxygen atoms in total. The van der Waals surface area contributed by atoms with Crippen molar-refractivity contribution in [2.45, 2.75) is 31.0 Å². The first kappa shape index (κ1) is 12.2. The number of fused-ring (bicyclic) bond motifs is 1. The Bertz CT molecular complexity index is 481. The van der Waals surface area contributed by atoms with Gasteiger partial charge in [0.05, 0.1) is 0 Å². The van der Waals surface area contributed by atoms with Crippen LogP contribution in [0.5, 0.6) is 0 Å². The van der Waals surface area contributed by atoms with Crippen LogP contribution in [0.15, 0.2) is 18.2 Å². The lowest BCUT2D eigenvalue weighted by atomic mass is 9.92. The van der Waals surface area contributed by atoms with Crippen LogP contribution < -0.4 is 5.32 Å². The monoisotopic (exact) mass is 307 g/mol. The minimum absolute atomic E-state index is 0.0804. The van der Waals surface area contributed by atoms with Crippen molar-refractivity contribution in [3.8, 4) is 0 Å². The molecule has 1 N–H and O–H groups in total. The first-order chi connectivity index (χ1) is 8.66. The molecule has 1 amide bonds. The summed E-state index contributed by atoms with van der Waals surface area (Å²) in [5, 5.41) is 2.91. The number of halogens is 1. The van der Waals surface area contributed by atoms with Gasteiger partial charge < -0.3 is 5.32 Å². The molecule has 1 aromatic carbocycles. The zero-order valence-electron chi connectivity index (χ0n) is 10.6. The number of nitrogens with one attached hydrogen (secondary N) is 1. The molecule has 0 radical (unpaired) electrons. The molecule has 0 spiro atoms. The lowest BCUT2D eigenvalue weighted by Crippen LogP contribution is -2.31. The summed E-state index contributed by atoms with van der Waals surface area (Å²) in [6.07, 6.45) is 3.66. The van der Waals surface area contributed by atoms with E-state index in [9.17, 15) is 4.79 Å². The summed E-state index contributed by atoms with van der Waals surface area (Å²) in [6, 6.07) is 6.37. The van der Waals surface area contributed by atoms with Crippen LogP contribution in [0.3, 0.4) is 0 Å². The van der Waals surface area contributed by atoms with E-state index in [1.165, 1.54) is 24.0 Å². The van der Waals surface area contributed by atoms with E-state index in [-0.39, 0.29) is 5.91 Å². The fraction of sp³-hybridized carbons (Fsp3) is 0.533.